The number of fused-ring (bicyclic) bond motifs is 3. The standard InChI is InChI=1S/C27H35N3O7/c1-6-12-9-16(29-10-11(2)3)21(31)18-14(12)7-13-8-15-20(30(4)5)23(33)19(26(28)36)25(35)27(15,37)24(34)17(13)22(18)32/h9,11,13,15,20,29,31-32,35,37H,6-8,10H2,1-5H3,(H2,28,36)/t13-,15-,20-,27-/m1/s1. The molecular formula is C27H35N3O7. The van der Waals surface area contributed by atoms with Gasteiger partial charge in [0, 0.05) is 18.0 Å². The van der Waals surface area contributed by atoms with Gasteiger partial charge in [0.1, 0.15) is 22.8 Å². The normalized spacial score (nSPS) is 27.4. The second-order valence-electron chi connectivity index (χ2n) is 10.9. The SMILES string of the molecule is CCc1cc(NCC(C)C)c(O)c2c1C[C@@H]1C[C@@H]3[C@@H](N(C)C)C(=O)C(C(N)=O)=C(O)[C@]3(O)C(=O)C1=C2O. The molecule has 4 atom stereocenters. The number of likely N-dealkylation sites (N-methyl/N-ethyl adjacent to an activating group) is 1. The van der Waals surface area contributed by atoms with Gasteiger partial charge < -0.3 is 31.5 Å². The Balaban J connectivity index is 1.95. The number of ketones is 2. The number of hydrogen-bond donors (Lipinski definition) is 6. The van der Waals surface area contributed by atoms with E-state index in [9.17, 15) is 34.8 Å². The first-order valence-corrected chi connectivity index (χ1v) is 12.5. The first-order valence-electron chi connectivity index (χ1n) is 12.5. The lowest BCUT2D eigenvalue weighted by Gasteiger charge is -2.50. The number of phenols is 1. The monoisotopic (exact) mass is 513 g/mol. The van der Waals surface area contributed by atoms with E-state index in [1.807, 2.05) is 26.8 Å². The number of primary amides is 1. The van der Waals surface area contributed by atoms with Crippen molar-refractivity contribution in [1.82, 2.24) is 4.90 Å². The summed E-state index contributed by atoms with van der Waals surface area (Å²) in [6.07, 6.45) is 0.971. The van der Waals surface area contributed by atoms with Crippen molar-refractivity contribution >= 4 is 28.9 Å². The van der Waals surface area contributed by atoms with Crippen molar-refractivity contribution in [2.75, 3.05) is 26.0 Å². The number of rotatable bonds is 6. The van der Waals surface area contributed by atoms with E-state index in [0.717, 1.165) is 5.56 Å². The Morgan fingerprint density at radius 1 is 1.24 bits per heavy atom. The molecule has 1 aromatic rings. The van der Waals surface area contributed by atoms with Gasteiger partial charge in [-0.25, -0.2) is 0 Å². The van der Waals surface area contributed by atoms with Gasteiger partial charge in [-0.1, -0.05) is 20.8 Å². The molecule has 0 spiro atoms. The number of amides is 1. The van der Waals surface area contributed by atoms with Gasteiger partial charge in [-0.15, -0.1) is 0 Å². The highest BCUT2D eigenvalue weighted by molar-refractivity contribution is 6.24. The Morgan fingerprint density at radius 3 is 2.43 bits per heavy atom. The fourth-order valence-corrected chi connectivity index (χ4v) is 6.15. The van der Waals surface area contributed by atoms with E-state index in [-0.39, 0.29) is 35.6 Å². The summed E-state index contributed by atoms with van der Waals surface area (Å²) < 4.78 is 0. The van der Waals surface area contributed by atoms with Crippen molar-refractivity contribution < 1.29 is 34.8 Å². The topological polar surface area (TPSA) is 173 Å². The molecule has 7 N–H and O–H groups in total. The number of hydrogen-bond acceptors (Lipinski definition) is 9. The first kappa shape index (κ1) is 26.7. The molecule has 0 unspecified atom stereocenters. The number of Topliss-reactive ketones (excluding diaryl/α,β-unsaturated/α-hetero) is 2. The molecular weight excluding hydrogens is 478 g/mol. The van der Waals surface area contributed by atoms with Crippen LogP contribution in [-0.2, 0) is 27.2 Å². The lowest BCUT2D eigenvalue weighted by molar-refractivity contribution is -0.153. The van der Waals surface area contributed by atoms with E-state index in [4.69, 9.17) is 5.73 Å². The Morgan fingerprint density at radius 2 is 1.89 bits per heavy atom. The molecule has 3 aliphatic rings. The van der Waals surface area contributed by atoms with Crippen LogP contribution in [0.15, 0.2) is 23.0 Å². The van der Waals surface area contributed by atoms with Crippen LogP contribution in [0.5, 0.6) is 5.75 Å². The number of nitrogens with two attached hydrogens (primary N) is 1. The van der Waals surface area contributed by atoms with Crippen LogP contribution in [0.4, 0.5) is 5.69 Å². The molecule has 0 bridgehead atoms. The van der Waals surface area contributed by atoms with Crippen LogP contribution in [0.25, 0.3) is 5.76 Å². The molecule has 3 aliphatic carbocycles. The van der Waals surface area contributed by atoms with Gasteiger partial charge in [-0.3, -0.25) is 19.3 Å². The highest BCUT2D eigenvalue weighted by Crippen LogP contribution is 2.53. The van der Waals surface area contributed by atoms with E-state index < -0.39 is 58.0 Å². The Hall–Kier alpha value is -3.37. The van der Waals surface area contributed by atoms with Gasteiger partial charge in [0.2, 0.25) is 5.78 Å². The molecule has 0 aliphatic heterocycles. The smallest absolute Gasteiger partial charge is 0.255 e. The number of nitrogens with one attached hydrogen (secondary N) is 1. The zero-order valence-electron chi connectivity index (χ0n) is 21.8. The predicted octanol–water partition coefficient (Wildman–Crippen LogP) is 1.59. The average Bonchev–Trinajstić information content (AvgIpc) is 2.80. The number of carbonyl (C=O) groups is 3. The fraction of sp³-hybridized carbons (Fsp3) is 0.519. The van der Waals surface area contributed by atoms with E-state index in [1.54, 1.807) is 14.1 Å². The zero-order valence-corrected chi connectivity index (χ0v) is 21.8. The molecule has 10 heteroatoms. The van der Waals surface area contributed by atoms with Crippen LogP contribution in [0.2, 0.25) is 0 Å². The summed E-state index contributed by atoms with van der Waals surface area (Å²) in [6, 6.07) is 0.745. The molecule has 1 fully saturated rings. The molecule has 1 saturated carbocycles. The number of phenolic OH excluding ortho intramolecular Hbond substituents is 1. The molecule has 0 aromatic heterocycles. The molecule has 1 amide bonds. The largest absolute Gasteiger partial charge is 0.508 e. The van der Waals surface area contributed by atoms with Crippen LogP contribution in [0.1, 0.15) is 43.9 Å². The van der Waals surface area contributed by atoms with Crippen LogP contribution < -0.4 is 11.1 Å². The highest BCUT2D eigenvalue weighted by Gasteiger charge is 2.64. The summed E-state index contributed by atoms with van der Waals surface area (Å²) in [4.78, 5) is 40.6. The van der Waals surface area contributed by atoms with Crippen LogP contribution in [-0.4, -0.2) is 75.1 Å². The van der Waals surface area contributed by atoms with E-state index in [1.165, 1.54) is 4.90 Å². The number of benzene rings is 1. The van der Waals surface area contributed by atoms with Crippen LogP contribution >= 0.6 is 0 Å². The maximum atomic E-state index is 13.9. The van der Waals surface area contributed by atoms with Gasteiger partial charge in [-0.2, -0.15) is 0 Å². The zero-order chi connectivity index (χ0) is 27.6. The number of carbonyl (C=O) groups excluding carboxylic acids is 3. The maximum absolute atomic E-state index is 13.9. The minimum Gasteiger partial charge on any atom is -0.508 e. The highest BCUT2D eigenvalue weighted by atomic mass is 16.3. The third-order valence-corrected chi connectivity index (χ3v) is 7.89. The molecule has 0 heterocycles. The summed E-state index contributed by atoms with van der Waals surface area (Å²) >= 11 is 0. The maximum Gasteiger partial charge on any atom is 0.255 e. The molecule has 0 saturated heterocycles. The van der Waals surface area contributed by atoms with Crippen molar-refractivity contribution in [2.45, 2.75) is 51.7 Å². The lowest BCUT2D eigenvalue weighted by atomic mass is 9.57. The third-order valence-electron chi connectivity index (χ3n) is 7.89. The van der Waals surface area contributed by atoms with Crippen molar-refractivity contribution in [3.63, 3.8) is 0 Å². The Kier molecular flexibility index (Phi) is 6.62. The van der Waals surface area contributed by atoms with Gasteiger partial charge in [-0.05, 0) is 62.4 Å². The second kappa shape index (κ2) is 9.18. The molecule has 10 nitrogen and oxygen atoms in total. The number of aromatic hydroxyl groups is 1. The number of nitrogens with zero attached hydrogens (tertiary/aromatic N) is 1. The van der Waals surface area contributed by atoms with Gasteiger partial charge >= 0.3 is 0 Å². The van der Waals surface area contributed by atoms with E-state index in [0.29, 0.717) is 24.2 Å². The van der Waals surface area contributed by atoms with Crippen molar-refractivity contribution in [2.24, 2.45) is 23.5 Å². The Labute approximate surface area is 215 Å². The lowest BCUT2D eigenvalue weighted by Crippen LogP contribution is -2.65. The van der Waals surface area contributed by atoms with Gasteiger partial charge in [0.15, 0.2) is 11.4 Å². The summed E-state index contributed by atoms with van der Waals surface area (Å²) in [7, 11) is 3.15. The first-order chi connectivity index (χ1) is 17.3. The quantitative estimate of drug-likeness (QED) is 0.244. The summed E-state index contributed by atoms with van der Waals surface area (Å²) in [5, 5.41) is 48.3. The van der Waals surface area contributed by atoms with Crippen molar-refractivity contribution in [3.8, 4) is 5.75 Å². The minimum atomic E-state index is -2.64. The van der Waals surface area contributed by atoms with Gasteiger partial charge in [0.05, 0.1) is 17.3 Å². The number of aliphatic hydroxyl groups excluding tert-OH is 2. The van der Waals surface area contributed by atoms with Crippen LogP contribution in [0.3, 0.4) is 0 Å². The molecule has 0 radical (unpaired) electrons. The summed E-state index contributed by atoms with van der Waals surface area (Å²) in [5.41, 5.74) is 3.87. The van der Waals surface area contributed by atoms with Crippen LogP contribution in [0, 0.1) is 17.8 Å². The minimum absolute atomic E-state index is 0.0724. The number of anilines is 1. The number of aryl methyl sites for hydroxylation is 1. The van der Waals surface area contributed by atoms with Crippen molar-refractivity contribution in [1.29, 1.82) is 0 Å². The third kappa shape index (κ3) is 3.81. The second-order valence-corrected chi connectivity index (χ2v) is 10.9. The van der Waals surface area contributed by atoms with E-state index in [2.05, 4.69) is 5.32 Å². The Bertz CT molecular complexity index is 1260. The summed E-state index contributed by atoms with van der Waals surface area (Å²) in [6.45, 7) is 6.56. The van der Waals surface area contributed by atoms with Gasteiger partial charge in [0.25, 0.3) is 5.91 Å². The predicted molar refractivity (Wildman–Crippen MR) is 137 cm³/mol. The fourth-order valence-electron chi connectivity index (χ4n) is 6.15. The average molecular weight is 514 g/mol. The van der Waals surface area contributed by atoms with Crippen molar-refractivity contribution in [3.05, 3.63) is 39.7 Å². The molecule has 1 aromatic carbocycles. The molecule has 200 valence electrons. The summed E-state index contributed by atoms with van der Waals surface area (Å²) in [5.74, 6) is -6.18. The van der Waals surface area contributed by atoms with E-state index >= 15 is 0 Å². The molecule has 4 rings (SSSR count). The molecule has 37 heavy (non-hydrogen) atoms. The number of aliphatic hydroxyl groups is 3.